The van der Waals surface area contributed by atoms with Crippen molar-refractivity contribution in [1.82, 2.24) is 10.2 Å². The Labute approximate surface area is 80.8 Å². The summed E-state index contributed by atoms with van der Waals surface area (Å²) in [6.07, 6.45) is 0. The van der Waals surface area contributed by atoms with Crippen LogP contribution in [0.2, 0.25) is 0 Å². The number of allylic oxidation sites excluding steroid dienone is 1. The van der Waals surface area contributed by atoms with Gasteiger partial charge in [0.15, 0.2) is 0 Å². The molecule has 0 aromatic heterocycles. The molecule has 0 bridgehead atoms. The van der Waals surface area contributed by atoms with Gasteiger partial charge in [-0.3, -0.25) is 0 Å². The maximum Gasteiger partial charge on any atom is 0.321 e. The molecule has 0 unspecified atom stereocenters. The van der Waals surface area contributed by atoms with E-state index in [2.05, 4.69) is 11.9 Å². The van der Waals surface area contributed by atoms with Crippen molar-refractivity contribution in [2.45, 2.75) is 40.2 Å². The van der Waals surface area contributed by atoms with Gasteiger partial charge in [-0.05, 0) is 34.6 Å². The predicted octanol–water partition coefficient (Wildman–Crippen LogP) is 2.35. The fourth-order valence-electron chi connectivity index (χ4n) is 1.17. The van der Waals surface area contributed by atoms with Crippen LogP contribution in [0.25, 0.3) is 0 Å². The highest BCUT2D eigenvalue weighted by Crippen LogP contribution is 2.12. The molecular formula is C10H20N2O. The first kappa shape index (κ1) is 12.0. The minimum absolute atomic E-state index is 0.0810. The fourth-order valence-corrected chi connectivity index (χ4v) is 1.17. The third kappa shape index (κ3) is 3.97. The molecule has 76 valence electrons. The van der Waals surface area contributed by atoms with Gasteiger partial charge in [-0.2, -0.15) is 0 Å². The van der Waals surface area contributed by atoms with Gasteiger partial charge < -0.3 is 10.2 Å². The summed E-state index contributed by atoms with van der Waals surface area (Å²) in [7, 11) is 0. The van der Waals surface area contributed by atoms with Crippen LogP contribution in [0.1, 0.15) is 34.6 Å². The molecule has 3 nitrogen and oxygen atoms in total. The number of amides is 2. The number of rotatable bonds is 2. The minimum Gasteiger partial charge on any atom is -0.320 e. The van der Waals surface area contributed by atoms with E-state index < -0.39 is 0 Å². The van der Waals surface area contributed by atoms with Crippen LogP contribution in [-0.4, -0.2) is 23.0 Å². The normalized spacial score (nSPS) is 10.8. The van der Waals surface area contributed by atoms with Crippen LogP contribution >= 0.6 is 0 Å². The summed E-state index contributed by atoms with van der Waals surface area (Å²) < 4.78 is 0. The third-order valence-corrected chi connectivity index (χ3v) is 1.69. The minimum atomic E-state index is -0.145. The van der Waals surface area contributed by atoms with Gasteiger partial charge in [0.2, 0.25) is 0 Å². The molecule has 0 aliphatic heterocycles. The Balaban J connectivity index is 4.42. The van der Waals surface area contributed by atoms with E-state index in [1.54, 1.807) is 11.8 Å². The summed E-state index contributed by atoms with van der Waals surface area (Å²) in [5.74, 6) is 0. The maximum atomic E-state index is 11.6. The zero-order chi connectivity index (χ0) is 10.6. The van der Waals surface area contributed by atoms with Crippen LogP contribution in [-0.2, 0) is 0 Å². The van der Waals surface area contributed by atoms with E-state index in [1.807, 2.05) is 27.7 Å². The van der Waals surface area contributed by atoms with Gasteiger partial charge in [0, 0.05) is 17.8 Å². The van der Waals surface area contributed by atoms with Crippen molar-refractivity contribution in [1.29, 1.82) is 0 Å². The standard InChI is InChI=1S/C10H20N2O/c1-7-12(10(4,5)6)9(13)11-8(2)3/h2,7H2,1,3-6H3,(H,11,13). The molecule has 0 saturated heterocycles. The molecule has 0 aliphatic rings. The van der Waals surface area contributed by atoms with Crippen molar-refractivity contribution in [2.75, 3.05) is 6.54 Å². The second kappa shape index (κ2) is 4.30. The van der Waals surface area contributed by atoms with Gasteiger partial charge in [-0.15, -0.1) is 0 Å². The Morgan fingerprint density at radius 1 is 1.46 bits per heavy atom. The molecule has 2 amide bonds. The summed E-state index contributed by atoms with van der Waals surface area (Å²) in [6, 6.07) is -0.0810. The van der Waals surface area contributed by atoms with Crippen LogP contribution in [0.5, 0.6) is 0 Å². The van der Waals surface area contributed by atoms with Crippen molar-refractivity contribution in [3.63, 3.8) is 0 Å². The second-order valence-electron chi connectivity index (χ2n) is 4.13. The molecule has 0 radical (unpaired) electrons. The van der Waals surface area contributed by atoms with Crippen molar-refractivity contribution >= 4 is 6.03 Å². The van der Waals surface area contributed by atoms with Gasteiger partial charge in [0.05, 0.1) is 0 Å². The van der Waals surface area contributed by atoms with Crippen LogP contribution in [0.15, 0.2) is 12.3 Å². The van der Waals surface area contributed by atoms with E-state index in [9.17, 15) is 4.79 Å². The van der Waals surface area contributed by atoms with E-state index in [0.717, 1.165) is 0 Å². The van der Waals surface area contributed by atoms with Gasteiger partial charge in [0.25, 0.3) is 0 Å². The average Bonchev–Trinajstić information content (AvgIpc) is 1.82. The summed E-state index contributed by atoms with van der Waals surface area (Å²) in [5.41, 5.74) is 0.529. The van der Waals surface area contributed by atoms with Gasteiger partial charge in [-0.25, -0.2) is 4.79 Å². The molecule has 0 saturated carbocycles. The lowest BCUT2D eigenvalue weighted by Gasteiger charge is -2.34. The average molecular weight is 184 g/mol. The first-order valence-electron chi connectivity index (χ1n) is 4.53. The number of nitrogens with one attached hydrogen (secondary N) is 1. The van der Waals surface area contributed by atoms with Crippen molar-refractivity contribution < 1.29 is 4.79 Å². The van der Waals surface area contributed by atoms with Crippen molar-refractivity contribution in [3.8, 4) is 0 Å². The Morgan fingerprint density at radius 2 is 1.92 bits per heavy atom. The van der Waals surface area contributed by atoms with Gasteiger partial charge in [-0.1, -0.05) is 6.58 Å². The molecule has 0 rings (SSSR count). The Morgan fingerprint density at radius 3 is 2.15 bits per heavy atom. The molecule has 0 aliphatic carbocycles. The smallest absolute Gasteiger partial charge is 0.320 e. The van der Waals surface area contributed by atoms with E-state index >= 15 is 0 Å². The first-order valence-corrected chi connectivity index (χ1v) is 4.53. The summed E-state index contributed by atoms with van der Waals surface area (Å²) in [4.78, 5) is 13.4. The molecule has 0 spiro atoms. The summed E-state index contributed by atoms with van der Waals surface area (Å²) >= 11 is 0. The third-order valence-electron chi connectivity index (χ3n) is 1.69. The number of carbonyl (C=O) groups is 1. The zero-order valence-electron chi connectivity index (χ0n) is 9.27. The monoisotopic (exact) mass is 184 g/mol. The lowest BCUT2D eigenvalue weighted by Crippen LogP contribution is -2.49. The van der Waals surface area contributed by atoms with Gasteiger partial charge >= 0.3 is 6.03 Å². The first-order chi connectivity index (χ1) is 5.79. The lowest BCUT2D eigenvalue weighted by atomic mass is 10.1. The SMILES string of the molecule is C=C(C)NC(=O)N(CC)C(C)(C)C. The number of hydrogen-bond donors (Lipinski definition) is 1. The van der Waals surface area contributed by atoms with E-state index in [-0.39, 0.29) is 11.6 Å². The number of carbonyl (C=O) groups excluding carboxylic acids is 1. The highest BCUT2D eigenvalue weighted by Gasteiger charge is 2.24. The number of urea groups is 1. The molecule has 0 aromatic rings. The predicted molar refractivity (Wildman–Crippen MR) is 55.5 cm³/mol. The Bertz CT molecular complexity index is 203. The molecule has 0 heterocycles. The fraction of sp³-hybridized carbons (Fsp3) is 0.700. The van der Waals surface area contributed by atoms with Crippen LogP contribution in [0.4, 0.5) is 4.79 Å². The van der Waals surface area contributed by atoms with Crippen molar-refractivity contribution in [2.24, 2.45) is 0 Å². The van der Waals surface area contributed by atoms with Crippen LogP contribution in [0.3, 0.4) is 0 Å². The molecule has 13 heavy (non-hydrogen) atoms. The van der Waals surface area contributed by atoms with Crippen LogP contribution < -0.4 is 5.32 Å². The summed E-state index contributed by atoms with van der Waals surface area (Å²) in [6.45, 7) is 14.1. The van der Waals surface area contributed by atoms with Crippen molar-refractivity contribution in [3.05, 3.63) is 12.3 Å². The molecule has 0 aromatic carbocycles. The van der Waals surface area contributed by atoms with E-state index in [1.165, 1.54) is 0 Å². The Kier molecular flexibility index (Phi) is 3.98. The number of hydrogen-bond acceptors (Lipinski definition) is 1. The molecule has 0 atom stereocenters. The molecule has 3 heteroatoms. The molecule has 1 N–H and O–H groups in total. The molecule has 0 fully saturated rings. The largest absolute Gasteiger partial charge is 0.321 e. The highest BCUT2D eigenvalue weighted by molar-refractivity contribution is 5.76. The van der Waals surface area contributed by atoms with E-state index in [0.29, 0.717) is 12.2 Å². The quantitative estimate of drug-likeness (QED) is 0.702. The topological polar surface area (TPSA) is 32.3 Å². The van der Waals surface area contributed by atoms with Crippen LogP contribution in [0, 0.1) is 0 Å². The second-order valence-corrected chi connectivity index (χ2v) is 4.13. The maximum absolute atomic E-state index is 11.6. The Hall–Kier alpha value is -0.990. The zero-order valence-corrected chi connectivity index (χ0v) is 9.27. The van der Waals surface area contributed by atoms with E-state index in [4.69, 9.17) is 0 Å². The lowest BCUT2D eigenvalue weighted by molar-refractivity contribution is 0.152. The molecular weight excluding hydrogens is 164 g/mol. The summed E-state index contributed by atoms with van der Waals surface area (Å²) in [5, 5.41) is 2.69. The number of nitrogens with zero attached hydrogens (tertiary/aromatic N) is 1. The van der Waals surface area contributed by atoms with Gasteiger partial charge in [0.1, 0.15) is 0 Å². The highest BCUT2D eigenvalue weighted by atomic mass is 16.2.